The molecule has 0 saturated carbocycles. The number of hydrogen-bond donors (Lipinski definition) is 1. The predicted octanol–water partition coefficient (Wildman–Crippen LogP) is 8.22. The highest BCUT2D eigenvalue weighted by atomic mass is 32.1. The Balaban J connectivity index is 1.34. The van der Waals surface area contributed by atoms with Gasteiger partial charge in [-0.05, 0) is 35.2 Å². The number of alkyl halides is 3. The van der Waals surface area contributed by atoms with Crippen molar-refractivity contribution < 1.29 is 22.4 Å². The minimum Gasteiger partial charge on any atom is -0.344 e. The molecule has 0 aliphatic carbocycles. The summed E-state index contributed by atoms with van der Waals surface area (Å²) in [6, 6.07) is 30.7. The van der Waals surface area contributed by atoms with E-state index in [1.165, 1.54) is 23.5 Å². The number of halogens is 4. The summed E-state index contributed by atoms with van der Waals surface area (Å²) >= 11 is 1.28. The van der Waals surface area contributed by atoms with E-state index >= 15 is 0 Å². The van der Waals surface area contributed by atoms with Crippen molar-refractivity contribution in [2.75, 3.05) is 0 Å². The standard InChI is InChI=1S/C34H29F4N3OS/c35-29-17-8-7-15-27(29)21-41(20-25-12-9-16-28(18-25)34(36,37)38)22-32-39-31(23-43-32)33(42)40-30(26-13-5-2-6-14-26)19-24-10-3-1-4-11-24/h1-18,23,30H,19-22H2,(H,40,42)/t30-/m1/s1. The van der Waals surface area contributed by atoms with E-state index in [0.717, 1.165) is 23.3 Å². The first-order valence-electron chi connectivity index (χ1n) is 13.7. The molecule has 1 heterocycles. The molecule has 5 rings (SSSR count). The number of hydrogen-bond acceptors (Lipinski definition) is 4. The predicted molar refractivity (Wildman–Crippen MR) is 160 cm³/mol. The van der Waals surface area contributed by atoms with E-state index in [4.69, 9.17) is 0 Å². The van der Waals surface area contributed by atoms with E-state index in [9.17, 15) is 22.4 Å². The monoisotopic (exact) mass is 603 g/mol. The smallest absolute Gasteiger partial charge is 0.344 e. The molecule has 4 nitrogen and oxygen atoms in total. The molecule has 0 radical (unpaired) electrons. The minimum atomic E-state index is -4.47. The van der Waals surface area contributed by atoms with Crippen molar-refractivity contribution in [3.63, 3.8) is 0 Å². The Kier molecular flexibility index (Phi) is 9.64. The molecule has 0 bridgehead atoms. The minimum absolute atomic E-state index is 0.131. The van der Waals surface area contributed by atoms with Crippen LogP contribution in [0.15, 0.2) is 115 Å². The van der Waals surface area contributed by atoms with Crippen LogP contribution in [0.25, 0.3) is 0 Å². The van der Waals surface area contributed by atoms with Gasteiger partial charge in [0, 0.05) is 24.0 Å². The third kappa shape index (κ3) is 8.37. The summed E-state index contributed by atoms with van der Waals surface area (Å²) in [6.07, 6.45) is -3.87. The van der Waals surface area contributed by atoms with Crippen LogP contribution in [0.2, 0.25) is 0 Å². The van der Waals surface area contributed by atoms with Crippen molar-refractivity contribution in [2.45, 2.75) is 38.3 Å². The SMILES string of the molecule is O=C(N[C@H](Cc1ccccc1)c1ccccc1)c1csc(CN(Cc2cccc(C(F)(F)F)c2)Cc2ccccc2F)n1. The lowest BCUT2D eigenvalue weighted by Gasteiger charge is -2.22. The molecular formula is C34H29F4N3OS. The fourth-order valence-corrected chi connectivity index (χ4v) is 5.65. The molecule has 0 unspecified atom stereocenters. The van der Waals surface area contributed by atoms with Crippen molar-refractivity contribution >= 4 is 17.2 Å². The van der Waals surface area contributed by atoms with Crippen molar-refractivity contribution in [3.8, 4) is 0 Å². The molecule has 0 aliphatic rings. The largest absolute Gasteiger partial charge is 0.416 e. The molecule has 9 heteroatoms. The second kappa shape index (κ2) is 13.8. The Hall–Kier alpha value is -4.34. The number of rotatable bonds is 11. The number of carbonyl (C=O) groups is 1. The molecule has 43 heavy (non-hydrogen) atoms. The number of aromatic nitrogens is 1. The van der Waals surface area contributed by atoms with Gasteiger partial charge in [-0.2, -0.15) is 13.2 Å². The zero-order chi connectivity index (χ0) is 30.2. The molecule has 0 aliphatic heterocycles. The zero-order valence-corrected chi connectivity index (χ0v) is 23.9. The summed E-state index contributed by atoms with van der Waals surface area (Å²) in [7, 11) is 0. The molecule has 1 atom stereocenters. The lowest BCUT2D eigenvalue weighted by molar-refractivity contribution is -0.137. The number of benzene rings is 4. The van der Waals surface area contributed by atoms with Gasteiger partial charge in [-0.15, -0.1) is 11.3 Å². The molecule has 1 N–H and O–H groups in total. The van der Waals surface area contributed by atoms with E-state index in [1.54, 1.807) is 29.6 Å². The fraction of sp³-hybridized carbons (Fsp3) is 0.176. The van der Waals surface area contributed by atoms with Crippen molar-refractivity contribution in [1.82, 2.24) is 15.2 Å². The van der Waals surface area contributed by atoms with E-state index in [0.29, 0.717) is 22.6 Å². The van der Waals surface area contributed by atoms with Gasteiger partial charge in [0.1, 0.15) is 16.5 Å². The second-order valence-corrected chi connectivity index (χ2v) is 11.1. The molecule has 1 amide bonds. The Morgan fingerprint density at radius 3 is 2.21 bits per heavy atom. The number of thiazole rings is 1. The van der Waals surface area contributed by atoms with E-state index < -0.39 is 17.6 Å². The van der Waals surface area contributed by atoms with Crippen LogP contribution in [0.3, 0.4) is 0 Å². The van der Waals surface area contributed by atoms with Gasteiger partial charge in [0.15, 0.2) is 0 Å². The van der Waals surface area contributed by atoms with Crippen molar-refractivity contribution in [1.29, 1.82) is 0 Å². The van der Waals surface area contributed by atoms with E-state index in [-0.39, 0.29) is 37.3 Å². The number of amides is 1. The third-order valence-electron chi connectivity index (χ3n) is 6.95. The molecule has 220 valence electrons. The van der Waals surface area contributed by atoms with Crippen LogP contribution < -0.4 is 5.32 Å². The quantitative estimate of drug-likeness (QED) is 0.155. The van der Waals surface area contributed by atoms with Crippen LogP contribution in [0, 0.1) is 5.82 Å². The highest BCUT2D eigenvalue weighted by molar-refractivity contribution is 7.09. The lowest BCUT2D eigenvalue weighted by Crippen LogP contribution is -2.30. The molecule has 5 aromatic rings. The highest BCUT2D eigenvalue weighted by Crippen LogP contribution is 2.30. The molecule has 0 saturated heterocycles. The van der Waals surface area contributed by atoms with Crippen LogP contribution in [-0.2, 0) is 32.2 Å². The van der Waals surface area contributed by atoms with E-state index in [2.05, 4.69) is 10.3 Å². The summed E-state index contributed by atoms with van der Waals surface area (Å²) in [5, 5.41) is 5.37. The van der Waals surface area contributed by atoms with Gasteiger partial charge in [0.05, 0.1) is 18.2 Å². The van der Waals surface area contributed by atoms with Gasteiger partial charge in [-0.25, -0.2) is 9.37 Å². The summed E-state index contributed by atoms with van der Waals surface area (Å²) < 4.78 is 54.6. The molecular weight excluding hydrogens is 574 g/mol. The van der Waals surface area contributed by atoms with Crippen LogP contribution in [0.5, 0.6) is 0 Å². The number of nitrogens with zero attached hydrogens (tertiary/aromatic N) is 2. The average Bonchev–Trinajstić information content (AvgIpc) is 3.47. The van der Waals surface area contributed by atoms with Crippen molar-refractivity contribution in [2.24, 2.45) is 0 Å². The fourth-order valence-electron chi connectivity index (χ4n) is 4.84. The lowest BCUT2D eigenvalue weighted by atomic mass is 9.99. The first-order chi connectivity index (χ1) is 20.7. The number of carbonyl (C=O) groups excluding carboxylic acids is 1. The van der Waals surface area contributed by atoms with Gasteiger partial charge < -0.3 is 5.32 Å². The Morgan fingerprint density at radius 2 is 1.49 bits per heavy atom. The summed E-state index contributed by atoms with van der Waals surface area (Å²) in [5.41, 5.74) is 2.40. The topological polar surface area (TPSA) is 45.2 Å². The first-order valence-corrected chi connectivity index (χ1v) is 14.6. The molecule has 4 aromatic carbocycles. The maximum absolute atomic E-state index is 14.5. The van der Waals surface area contributed by atoms with Crippen LogP contribution in [0.1, 0.15) is 49.4 Å². The molecule has 1 aromatic heterocycles. The molecule has 0 spiro atoms. The van der Waals surface area contributed by atoms with Crippen LogP contribution in [0.4, 0.5) is 17.6 Å². The maximum atomic E-state index is 14.5. The van der Waals surface area contributed by atoms with E-state index in [1.807, 2.05) is 65.6 Å². The summed E-state index contributed by atoms with van der Waals surface area (Å²) in [6.45, 7) is 0.498. The van der Waals surface area contributed by atoms with Gasteiger partial charge >= 0.3 is 6.18 Å². The van der Waals surface area contributed by atoms with Crippen LogP contribution in [-0.4, -0.2) is 15.8 Å². The Labute approximate surface area is 251 Å². The first kappa shape index (κ1) is 30.1. The third-order valence-corrected chi connectivity index (χ3v) is 7.78. The van der Waals surface area contributed by atoms with Gasteiger partial charge in [-0.3, -0.25) is 9.69 Å². The van der Waals surface area contributed by atoms with Gasteiger partial charge in [-0.1, -0.05) is 97.1 Å². The van der Waals surface area contributed by atoms with Gasteiger partial charge in [0.2, 0.25) is 0 Å². The van der Waals surface area contributed by atoms with Crippen molar-refractivity contribution in [3.05, 3.63) is 159 Å². The Morgan fingerprint density at radius 1 is 0.814 bits per heavy atom. The van der Waals surface area contributed by atoms with Crippen LogP contribution >= 0.6 is 11.3 Å². The second-order valence-electron chi connectivity index (χ2n) is 10.2. The number of nitrogens with one attached hydrogen (secondary N) is 1. The Bertz CT molecular complexity index is 1640. The normalized spacial score (nSPS) is 12.3. The molecule has 0 fully saturated rings. The summed E-state index contributed by atoms with van der Waals surface area (Å²) in [5.74, 6) is -0.730. The van der Waals surface area contributed by atoms with Gasteiger partial charge in [0.25, 0.3) is 5.91 Å². The maximum Gasteiger partial charge on any atom is 0.416 e. The summed E-state index contributed by atoms with van der Waals surface area (Å²) in [4.78, 5) is 19.7. The zero-order valence-electron chi connectivity index (χ0n) is 23.1. The highest BCUT2D eigenvalue weighted by Gasteiger charge is 2.30. The average molecular weight is 604 g/mol.